The van der Waals surface area contributed by atoms with Crippen LogP contribution in [0, 0.1) is 6.92 Å². The third kappa shape index (κ3) is 4.96. The van der Waals surface area contributed by atoms with Crippen LogP contribution in [0.4, 0.5) is 5.82 Å². The summed E-state index contributed by atoms with van der Waals surface area (Å²) in [5.74, 6) is 2.21. The lowest BCUT2D eigenvalue weighted by Gasteiger charge is -2.35. The largest absolute Gasteiger partial charge is 0.353 e. The lowest BCUT2D eigenvalue weighted by Crippen LogP contribution is -2.49. The lowest BCUT2D eigenvalue weighted by atomic mass is 10.1. The third-order valence-electron chi connectivity index (χ3n) is 4.70. The first-order valence-corrected chi connectivity index (χ1v) is 9.16. The quantitative estimate of drug-likeness (QED) is 0.870. The highest BCUT2D eigenvalue weighted by Gasteiger charge is 2.23. The summed E-state index contributed by atoms with van der Waals surface area (Å²) < 4.78 is 0. The highest BCUT2D eigenvalue weighted by molar-refractivity contribution is 5.94. The van der Waals surface area contributed by atoms with Crippen LogP contribution in [0.25, 0.3) is 0 Å². The first-order valence-electron chi connectivity index (χ1n) is 9.16. The van der Waals surface area contributed by atoms with E-state index in [9.17, 15) is 4.79 Å². The van der Waals surface area contributed by atoms with Crippen molar-refractivity contribution in [3.63, 3.8) is 0 Å². The van der Waals surface area contributed by atoms with E-state index in [1.807, 2.05) is 42.2 Å². The number of benzene rings is 1. The zero-order valence-corrected chi connectivity index (χ0v) is 17.0. The number of aryl methyl sites for hydroxylation is 1. The average molecular weight is 390 g/mol. The zero-order valence-electron chi connectivity index (χ0n) is 16.2. The van der Waals surface area contributed by atoms with E-state index in [1.54, 1.807) is 0 Å². The minimum Gasteiger partial charge on any atom is -0.353 e. The van der Waals surface area contributed by atoms with E-state index in [1.165, 1.54) is 0 Å². The monoisotopic (exact) mass is 389 g/mol. The second kappa shape index (κ2) is 9.15. The van der Waals surface area contributed by atoms with Gasteiger partial charge >= 0.3 is 0 Å². The molecule has 1 saturated heterocycles. The van der Waals surface area contributed by atoms with Gasteiger partial charge in [0.15, 0.2) is 0 Å². The Bertz CT molecular complexity index is 770. The van der Waals surface area contributed by atoms with E-state index in [2.05, 4.69) is 23.7 Å². The molecule has 1 fully saturated rings. The molecule has 27 heavy (non-hydrogen) atoms. The predicted molar refractivity (Wildman–Crippen MR) is 111 cm³/mol. The molecule has 2 heterocycles. The number of aromatic nitrogens is 2. The standard InChI is InChI=1S/C20H27N5O.ClH/c1-14(2)19-22-15(3)12-18(23-19)24-8-10-25(11-9-24)20(26)17-6-4-16(13-21)5-7-17;/h4-7,12,14H,8-11,13,21H2,1-3H3;1H. The van der Waals surface area contributed by atoms with Crippen molar-refractivity contribution < 1.29 is 4.79 Å². The Hall–Kier alpha value is -2.18. The van der Waals surface area contributed by atoms with Crippen LogP contribution < -0.4 is 10.6 Å². The van der Waals surface area contributed by atoms with E-state index >= 15 is 0 Å². The summed E-state index contributed by atoms with van der Waals surface area (Å²) in [6.07, 6.45) is 0. The highest BCUT2D eigenvalue weighted by Crippen LogP contribution is 2.19. The molecule has 0 atom stereocenters. The van der Waals surface area contributed by atoms with Crippen LogP contribution in [0.1, 0.15) is 47.2 Å². The Balaban J connectivity index is 0.00000261. The van der Waals surface area contributed by atoms with Crippen molar-refractivity contribution in [3.05, 3.63) is 53.0 Å². The van der Waals surface area contributed by atoms with Crippen molar-refractivity contribution in [3.8, 4) is 0 Å². The number of anilines is 1. The van der Waals surface area contributed by atoms with Crippen molar-refractivity contribution in [1.82, 2.24) is 14.9 Å². The number of amides is 1. The maximum absolute atomic E-state index is 12.7. The molecule has 0 bridgehead atoms. The SMILES string of the molecule is Cc1cc(N2CCN(C(=O)c3ccc(CN)cc3)CC2)nc(C(C)C)n1.Cl. The fourth-order valence-electron chi connectivity index (χ4n) is 3.10. The Labute approximate surface area is 167 Å². The molecule has 1 aliphatic heterocycles. The Morgan fingerprint density at radius 3 is 2.30 bits per heavy atom. The zero-order chi connectivity index (χ0) is 18.7. The molecule has 1 aromatic carbocycles. The summed E-state index contributed by atoms with van der Waals surface area (Å²) in [6.45, 7) is 9.64. The normalized spacial score (nSPS) is 14.3. The van der Waals surface area contributed by atoms with Crippen LogP contribution in [0.3, 0.4) is 0 Å². The number of nitrogens with zero attached hydrogens (tertiary/aromatic N) is 4. The van der Waals surface area contributed by atoms with E-state index in [0.29, 0.717) is 25.6 Å². The van der Waals surface area contributed by atoms with E-state index < -0.39 is 0 Å². The molecule has 0 unspecified atom stereocenters. The molecule has 0 saturated carbocycles. The summed E-state index contributed by atoms with van der Waals surface area (Å²) in [7, 11) is 0. The molecule has 0 aliphatic carbocycles. The minimum absolute atomic E-state index is 0. The molecule has 1 aromatic heterocycles. The molecule has 2 aromatic rings. The summed E-state index contributed by atoms with van der Waals surface area (Å²) in [6, 6.07) is 9.58. The summed E-state index contributed by atoms with van der Waals surface area (Å²) >= 11 is 0. The molecular weight excluding hydrogens is 362 g/mol. The van der Waals surface area contributed by atoms with Gasteiger partial charge in [-0.25, -0.2) is 9.97 Å². The van der Waals surface area contributed by atoms with E-state index in [-0.39, 0.29) is 18.3 Å². The Morgan fingerprint density at radius 1 is 1.11 bits per heavy atom. The predicted octanol–water partition coefficient (Wildman–Crippen LogP) is 2.75. The van der Waals surface area contributed by atoms with Gasteiger partial charge in [0.2, 0.25) is 0 Å². The molecule has 1 amide bonds. The van der Waals surface area contributed by atoms with Gasteiger partial charge < -0.3 is 15.5 Å². The Morgan fingerprint density at radius 2 is 1.74 bits per heavy atom. The van der Waals surface area contributed by atoms with Crippen LogP contribution in [0.15, 0.2) is 30.3 Å². The molecule has 0 radical (unpaired) electrons. The summed E-state index contributed by atoms with van der Waals surface area (Å²) in [5.41, 5.74) is 8.35. The van der Waals surface area contributed by atoms with Gasteiger partial charge in [-0.3, -0.25) is 4.79 Å². The molecule has 3 rings (SSSR count). The van der Waals surface area contributed by atoms with Gasteiger partial charge in [0, 0.05) is 56.0 Å². The second-order valence-corrected chi connectivity index (χ2v) is 7.06. The maximum Gasteiger partial charge on any atom is 0.253 e. The number of hydrogen-bond acceptors (Lipinski definition) is 5. The van der Waals surface area contributed by atoms with Crippen molar-refractivity contribution in [1.29, 1.82) is 0 Å². The van der Waals surface area contributed by atoms with Crippen LogP contribution in [-0.2, 0) is 6.54 Å². The number of hydrogen-bond donors (Lipinski definition) is 1. The van der Waals surface area contributed by atoms with Gasteiger partial charge in [-0.05, 0) is 24.6 Å². The van der Waals surface area contributed by atoms with E-state index in [4.69, 9.17) is 10.7 Å². The summed E-state index contributed by atoms with van der Waals surface area (Å²) in [5, 5.41) is 0. The molecule has 7 heteroatoms. The number of piperazine rings is 1. The van der Waals surface area contributed by atoms with Crippen LogP contribution in [0.5, 0.6) is 0 Å². The van der Waals surface area contributed by atoms with Crippen molar-refractivity contribution in [2.75, 3.05) is 31.1 Å². The number of halogens is 1. The minimum atomic E-state index is 0. The number of carbonyl (C=O) groups excluding carboxylic acids is 1. The first-order chi connectivity index (χ1) is 12.5. The molecule has 1 aliphatic rings. The second-order valence-electron chi connectivity index (χ2n) is 7.06. The van der Waals surface area contributed by atoms with Crippen molar-refractivity contribution in [2.24, 2.45) is 5.73 Å². The van der Waals surface area contributed by atoms with Crippen molar-refractivity contribution >= 4 is 24.1 Å². The number of carbonyl (C=O) groups is 1. The van der Waals surface area contributed by atoms with Crippen LogP contribution in [0.2, 0.25) is 0 Å². The third-order valence-corrected chi connectivity index (χ3v) is 4.70. The average Bonchev–Trinajstić information content (AvgIpc) is 2.67. The molecule has 0 spiro atoms. The lowest BCUT2D eigenvalue weighted by molar-refractivity contribution is 0.0746. The fraction of sp³-hybridized carbons (Fsp3) is 0.450. The molecular formula is C20H28ClN5O. The van der Waals surface area contributed by atoms with Gasteiger partial charge in [0.1, 0.15) is 11.6 Å². The van der Waals surface area contributed by atoms with Gasteiger partial charge in [-0.1, -0.05) is 26.0 Å². The first kappa shape index (κ1) is 21.1. The molecule has 146 valence electrons. The number of nitrogens with two attached hydrogens (primary N) is 1. The summed E-state index contributed by atoms with van der Waals surface area (Å²) in [4.78, 5) is 26.1. The fourth-order valence-corrected chi connectivity index (χ4v) is 3.10. The van der Waals surface area contributed by atoms with Gasteiger partial charge in [0.25, 0.3) is 5.91 Å². The smallest absolute Gasteiger partial charge is 0.253 e. The molecule has 2 N–H and O–H groups in total. The van der Waals surface area contributed by atoms with Crippen molar-refractivity contribution in [2.45, 2.75) is 33.2 Å². The Kier molecular flexibility index (Phi) is 7.16. The number of rotatable bonds is 4. The van der Waals surface area contributed by atoms with Gasteiger partial charge in [-0.15, -0.1) is 12.4 Å². The van der Waals surface area contributed by atoms with Gasteiger partial charge in [-0.2, -0.15) is 0 Å². The highest BCUT2D eigenvalue weighted by atomic mass is 35.5. The topological polar surface area (TPSA) is 75.3 Å². The maximum atomic E-state index is 12.7. The van der Waals surface area contributed by atoms with Gasteiger partial charge in [0.05, 0.1) is 0 Å². The van der Waals surface area contributed by atoms with Crippen LogP contribution in [-0.4, -0.2) is 47.0 Å². The molecule has 6 nitrogen and oxygen atoms in total. The van der Waals surface area contributed by atoms with E-state index in [0.717, 1.165) is 41.6 Å². The van der Waals surface area contributed by atoms with Crippen LogP contribution >= 0.6 is 12.4 Å².